The van der Waals surface area contributed by atoms with Crippen molar-refractivity contribution in [1.82, 2.24) is 0 Å². The molecule has 0 fully saturated rings. The first-order valence-corrected chi connectivity index (χ1v) is 8.85. The molecule has 1 N–H and O–H groups in total. The number of carbonyl (C=O) groups excluding carboxylic acids is 1. The van der Waals surface area contributed by atoms with E-state index in [1.54, 1.807) is 13.0 Å². The highest BCUT2D eigenvalue weighted by molar-refractivity contribution is 9.10. The zero-order valence-corrected chi connectivity index (χ0v) is 16.7. The number of halogens is 1. The van der Waals surface area contributed by atoms with Crippen molar-refractivity contribution in [1.29, 1.82) is 0 Å². The van der Waals surface area contributed by atoms with Crippen molar-refractivity contribution >= 4 is 33.2 Å². The molecule has 0 aliphatic rings. The lowest BCUT2D eigenvalue weighted by Crippen LogP contribution is -2.22. The second-order valence-electron chi connectivity index (χ2n) is 6.98. The van der Waals surface area contributed by atoms with E-state index in [4.69, 9.17) is 4.74 Å². The van der Waals surface area contributed by atoms with Crippen LogP contribution in [0.4, 0.5) is 11.4 Å². The van der Waals surface area contributed by atoms with Gasteiger partial charge in [-0.05, 0) is 36.1 Å². The summed E-state index contributed by atoms with van der Waals surface area (Å²) in [7, 11) is 0. The molecular formula is C19H21BrN2O4. The first-order chi connectivity index (χ1) is 12.1. The number of non-ortho nitro benzene ring substituents is 1. The van der Waals surface area contributed by atoms with E-state index in [1.807, 2.05) is 18.2 Å². The van der Waals surface area contributed by atoms with Crippen LogP contribution >= 0.6 is 15.9 Å². The van der Waals surface area contributed by atoms with Gasteiger partial charge in [-0.2, -0.15) is 0 Å². The number of nitrogens with zero attached hydrogens (tertiary/aromatic N) is 1. The largest absolute Gasteiger partial charge is 0.483 e. The van der Waals surface area contributed by atoms with Crippen molar-refractivity contribution in [2.24, 2.45) is 0 Å². The molecule has 138 valence electrons. The van der Waals surface area contributed by atoms with E-state index in [2.05, 4.69) is 42.0 Å². The van der Waals surface area contributed by atoms with Crippen LogP contribution in [0, 0.1) is 17.0 Å². The highest BCUT2D eigenvalue weighted by Crippen LogP contribution is 2.33. The van der Waals surface area contributed by atoms with Crippen molar-refractivity contribution < 1.29 is 14.5 Å². The highest BCUT2D eigenvalue weighted by Gasteiger charge is 2.20. The van der Waals surface area contributed by atoms with E-state index in [1.165, 1.54) is 12.1 Å². The molecule has 6 nitrogen and oxygen atoms in total. The number of nitrogens with one attached hydrogen (secondary N) is 1. The molecule has 2 rings (SSSR count). The van der Waals surface area contributed by atoms with Gasteiger partial charge in [0.25, 0.3) is 11.6 Å². The van der Waals surface area contributed by atoms with Crippen LogP contribution in [0.5, 0.6) is 5.75 Å². The van der Waals surface area contributed by atoms with Gasteiger partial charge in [-0.15, -0.1) is 0 Å². The number of nitro groups is 1. The molecule has 7 heteroatoms. The molecule has 0 aliphatic carbocycles. The van der Waals surface area contributed by atoms with Gasteiger partial charge in [0.05, 0.1) is 10.6 Å². The summed E-state index contributed by atoms with van der Waals surface area (Å²) in [6.07, 6.45) is 0. The van der Waals surface area contributed by atoms with Crippen LogP contribution in [-0.2, 0) is 10.2 Å². The second kappa shape index (κ2) is 7.86. The fourth-order valence-corrected chi connectivity index (χ4v) is 2.76. The molecule has 0 radical (unpaired) electrons. The Morgan fingerprint density at radius 2 is 1.92 bits per heavy atom. The smallest absolute Gasteiger partial charge is 0.271 e. The minimum absolute atomic E-state index is 0.0743. The molecule has 0 atom stereocenters. The van der Waals surface area contributed by atoms with E-state index >= 15 is 0 Å². The molecule has 0 spiro atoms. The van der Waals surface area contributed by atoms with E-state index in [0.717, 1.165) is 15.6 Å². The van der Waals surface area contributed by atoms with Crippen LogP contribution in [0.25, 0.3) is 0 Å². The number of benzene rings is 2. The van der Waals surface area contributed by atoms with E-state index < -0.39 is 4.92 Å². The number of hydrogen-bond acceptors (Lipinski definition) is 4. The van der Waals surface area contributed by atoms with Crippen molar-refractivity contribution in [3.05, 3.63) is 62.1 Å². The number of amides is 1. The van der Waals surface area contributed by atoms with Gasteiger partial charge in [0.2, 0.25) is 0 Å². The molecule has 0 aliphatic heterocycles. The van der Waals surface area contributed by atoms with Crippen LogP contribution in [0.3, 0.4) is 0 Å². The Morgan fingerprint density at radius 1 is 1.23 bits per heavy atom. The predicted molar refractivity (Wildman–Crippen MR) is 105 cm³/mol. The monoisotopic (exact) mass is 420 g/mol. The van der Waals surface area contributed by atoms with Crippen molar-refractivity contribution in [3.8, 4) is 5.75 Å². The molecule has 2 aromatic carbocycles. The first-order valence-electron chi connectivity index (χ1n) is 8.05. The Labute approximate surface area is 160 Å². The molecule has 1 amide bonds. The quantitative estimate of drug-likeness (QED) is 0.545. The van der Waals surface area contributed by atoms with Crippen LogP contribution in [0.2, 0.25) is 0 Å². The molecule has 0 heterocycles. The summed E-state index contributed by atoms with van der Waals surface area (Å²) >= 11 is 3.45. The van der Waals surface area contributed by atoms with Gasteiger partial charge in [0.15, 0.2) is 6.61 Å². The number of rotatable bonds is 5. The lowest BCUT2D eigenvalue weighted by molar-refractivity contribution is -0.384. The molecule has 26 heavy (non-hydrogen) atoms. The molecule has 0 unspecified atom stereocenters. The van der Waals surface area contributed by atoms with Crippen LogP contribution in [-0.4, -0.2) is 17.4 Å². The molecule has 0 saturated heterocycles. The maximum atomic E-state index is 12.2. The number of aryl methyl sites for hydroxylation is 1. The summed E-state index contributed by atoms with van der Waals surface area (Å²) in [4.78, 5) is 22.6. The Morgan fingerprint density at radius 3 is 2.54 bits per heavy atom. The molecule has 0 aromatic heterocycles. The average molecular weight is 421 g/mol. The Hall–Kier alpha value is -2.41. The number of nitro benzene ring substituents is 1. The van der Waals surface area contributed by atoms with Gasteiger partial charge in [-0.25, -0.2) is 0 Å². The van der Waals surface area contributed by atoms with Gasteiger partial charge < -0.3 is 10.1 Å². The van der Waals surface area contributed by atoms with Crippen LogP contribution in [0.1, 0.15) is 31.9 Å². The predicted octanol–water partition coefficient (Wildman–Crippen LogP) is 4.98. The third kappa shape index (κ3) is 5.05. The third-order valence-corrected chi connectivity index (χ3v) is 4.31. The highest BCUT2D eigenvalue weighted by atomic mass is 79.9. The molecular weight excluding hydrogens is 400 g/mol. The Bertz CT molecular complexity index is 844. The third-order valence-electron chi connectivity index (χ3n) is 3.81. The van der Waals surface area contributed by atoms with Gasteiger partial charge in [-0.3, -0.25) is 14.9 Å². The fourth-order valence-electron chi connectivity index (χ4n) is 2.40. The zero-order chi connectivity index (χ0) is 19.5. The van der Waals surface area contributed by atoms with Crippen molar-refractivity contribution in [2.75, 3.05) is 11.9 Å². The lowest BCUT2D eigenvalue weighted by Gasteiger charge is -2.23. The minimum Gasteiger partial charge on any atom is -0.483 e. The van der Waals surface area contributed by atoms with E-state index in [0.29, 0.717) is 11.4 Å². The maximum Gasteiger partial charge on any atom is 0.271 e. The molecule has 0 bridgehead atoms. The van der Waals surface area contributed by atoms with Gasteiger partial charge >= 0.3 is 0 Å². The first kappa shape index (κ1) is 19.9. The Kier molecular flexibility index (Phi) is 6.02. The summed E-state index contributed by atoms with van der Waals surface area (Å²) in [5.74, 6) is 0.253. The number of hydrogen-bond donors (Lipinski definition) is 1. The van der Waals surface area contributed by atoms with Gasteiger partial charge in [0, 0.05) is 22.2 Å². The summed E-state index contributed by atoms with van der Waals surface area (Å²) in [5.41, 5.74) is 1.90. The topological polar surface area (TPSA) is 81.5 Å². The van der Waals surface area contributed by atoms with Crippen molar-refractivity contribution in [2.45, 2.75) is 33.1 Å². The van der Waals surface area contributed by atoms with E-state index in [-0.39, 0.29) is 23.6 Å². The standard InChI is InChI=1S/C19H21BrN2O4/c1-12-5-7-14(22(24)25)10-16(12)21-18(23)11-26-17-8-6-13(20)9-15(17)19(2,3)4/h5-10H,11H2,1-4H3,(H,21,23). The lowest BCUT2D eigenvalue weighted by atomic mass is 9.86. The Balaban J connectivity index is 2.11. The molecule has 2 aromatic rings. The van der Waals surface area contributed by atoms with Gasteiger partial charge in [0.1, 0.15) is 5.75 Å². The minimum atomic E-state index is -0.497. The number of carbonyl (C=O) groups is 1. The van der Waals surface area contributed by atoms with Crippen molar-refractivity contribution in [3.63, 3.8) is 0 Å². The molecule has 0 saturated carbocycles. The summed E-state index contributed by atoms with van der Waals surface area (Å²) in [6.45, 7) is 7.77. The number of ether oxygens (including phenoxy) is 1. The SMILES string of the molecule is Cc1ccc([N+](=O)[O-])cc1NC(=O)COc1ccc(Br)cc1C(C)(C)C. The summed E-state index contributed by atoms with van der Waals surface area (Å²) < 4.78 is 6.64. The van der Waals surface area contributed by atoms with E-state index in [9.17, 15) is 14.9 Å². The summed E-state index contributed by atoms with van der Waals surface area (Å²) in [5, 5.41) is 13.6. The maximum absolute atomic E-state index is 12.2. The summed E-state index contributed by atoms with van der Waals surface area (Å²) in [6, 6.07) is 9.98. The number of anilines is 1. The fraction of sp³-hybridized carbons (Fsp3) is 0.316. The van der Waals surface area contributed by atoms with Crippen LogP contribution in [0.15, 0.2) is 40.9 Å². The second-order valence-corrected chi connectivity index (χ2v) is 7.90. The normalized spacial score (nSPS) is 11.1. The van der Waals surface area contributed by atoms with Crippen LogP contribution < -0.4 is 10.1 Å². The average Bonchev–Trinajstić information content (AvgIpc) is 2.54. The van der Waals surface area contributed by atoms with Gasteiger partial charge in [-0.1, -0.05) is 42.8 Å². The zero-order valence-electron chi connectivity index (χ0n) is 15.1.